The first kappa shape index (κ1) is 11.9. The maximum Gasteiger partial charge on any atom is 0.0945 e. The van der Waals surface area contributed by atoms with Crippen LogP contribution in [0, 0.1) is 0 Å². The molecule has 2 rings (SSSR count). The first-order valence-corrected chi connectivity index (χ1v) is 6.07. The van der Waals surface area contributed by atoms with Crippen LogP contribution in [0.1, 0.15) is 12.8 Å². The van der Waals surface area contributed by atoms with Crippen LogP contribution < -0.4 is 5.32 Å². The van der Waals surface area contributed by atoms with Gasteiger partial charge in [-0.2, -0.15) is 0 Å². The van der Waals surface area contributed by atoms with Gasteiger partial charge >= 0.3 is 0 Å². The van der Waals surface area contributed by atoms with Gasteiger partial charge in [-0.05, 0) is 25.9 Å². The van der Waals surface area contributed by atoms with Crippen LogP contribution in [-0.2, 0) is 13.1 Å². The Hall–Kier alpha value is -1.62. The van der Waals surface area contributed by atoms with Crippen molar-refractivity contribution < 1.29 is 0 Å². The van der Waals surface area contributed by atoms with Gasteiger partial charge in [0.2, 0.25) is 0 Å². The zero-order valence-electron chi connectivity index (χ0n) is 10.00. The average Bonchev–Trinajstić information content (AvgIpc) is 3.00. The van der Waals surface area contributed by atoms with Crippen molar-refractivity contribution in [2.24, 2.45) is 0 Å². The highest BCUT2D eigenvalue weighted by Gasteiger charge is 1.92. The molecule has 0 spiro atoms. The summed E-state index contributed by atoms with van der Waals surface area (Å²) in [5.41, 5.74) is 0. The molecule has 2 heterocycles. The standard InChI is InChI=1S/C12H19N5/c1(7-16-9-5-14-11-16)3-13-4-2-8-17-10-6-15-12-17/h5-6,9-13H,1-4,7-8H2. The number of rotatable bonds is 8. The molecular formula is C12H19N5. The molecule has 0 radical (unpaired) electrons. The van der Waals surface area contributed by atoms with E-state index in [1.165, 1.54) is 0 Å². The van der Waals surface area contributed by atoms with Gasteiger partial charge in [-0.15, -0.1) is 0 Å². The third-order valence-electron chi connectivity index (χ3n) is 2.66. The Bertz CT molecular complexity index is 341. The van der Waals surface area contributed by atoms with Crippen molar-refractivity contribution in [3.8, 4) is 0 Å². The van der Waals surface area contributed by atoms with Gasteiger partial charge in [0.1, 0.15) is 0 Å². The quantitative estimate of drug-likeness (QED) is 0.696. The van der Waals surface area contributed by atoms with E-state index in [0.29, 0.717) is 0 Å². The zero-order chi connectivity index (χ0) is 11.8. The van der Waals surface area contributed by atoms with Gasteiger partial charge in [0.15, 0.2) is 0 Å². The van der Waals surface area contributed by atoms with E-state index in [9.17, 15) is 0 Å². The van der Waals surface area contributed by atoms with Gasteiger partial charge in [-0.1, -0.05) is 0 Å². The van der Waals surface area contributed by atoms with Crippen LogP contribution >= 0.6 is 0 Å². The molecule has 0 aliphatic rings. The minimum absolute atomic E-state index is 1.04. The second kappa shape index (κ2) is 6.85. The molecule has 0 aliphatic carbocycles. The highest BCUT2D eigenvalue weighted by atomic mass is 15.0. The summed E-state index contributed by atoms with van der Waals surface area (Å²) in [6.07, 6.45) is 13.6. The average molecular weight is 233 g/mol. The molecule has 0 aliphatic heterocycles. The van der Waals surface area contributed by atoms with E-state index >= 15 is 0 Å². The zero-order valence-corrected chi connectivity index (χ0v) is 10.00. The van der Waals surface area contributed by atoms with Crippen molar-refractivity contribution in [1.82, 2.24) is 24.4 Å². The molecule has 0 amide bonds. The number of nitrogens with one attached hydrogen (secondary N) is 1. The van der Waals surface area contributed by atoms with E-state index in [4.69, 9.17) is 0 Å². The van der Waals surface area contributed by atoms with Crippen molar-refractivity contribution >= 4 is 0 Å². The lowest BCUT2D eigenvalue weighted by molar-refractivity contribution is 0.545. The van der Waals surface area contributed by atoms with E-state index in [2.05, 4.69) is 24.4 Å². The maximum atomic E-state index is 4.01. The minimum atomic E-state index is 1.04. The number of imidazole rings is 2. The summed E-state index contributed by atoms with van der Waals surface area (Å²) < 4.78 is 4.21. The van der Waals surface area contributed by atoms with Crippen molar-refractivity contribution in [1.29, 1.82) is 0 Å². The molecule has 0 bridgehead atoms. The smallest absolute Gasteiger partial charge is 0.0945 e. The summed E-state index contributed by atoms with van der Waals surface area (Å²) >= 11 is 0. The molecule has 2 aromatic heterocycles. The van der Waals surface area contributed by atoms with E-state index < -0.39 is 0 Å². The van der Waals surface area contributed by atoms with Crippen molar-refractivity contribution in [2.45, 2.75) is 25.9 Å². The summed E-state index contributed by atoms with van der Waals surface area (Å²) in [6, 6.07) is 0. The number of nitrogens with zero attached hydrogens (tertiary/aromatic N) is 4. The van der Waals surface area contributed by atoms with Crippen LogP contribution in [0.2, 0.25) is 0 Å². The van der Waals surface area contributed by atoms with Crippen LogP contribution in [0.4, 0.5) is 0 Å². The largest absolute Gasteiger partial charge is 0.337 e. The van der Waals surface area contributed by atoms with Crippen molar-refractivity contribution in [3.05, 3.63) is 37.4 Å². The Labute approximate surface area is 102 Å². The molecule has 17 heavy (non-hydrogen) atoms. The van der Waals surface area contributed by atoms with Gasteiger partial charge in [0.25, 0.3) is 0 Å². The first-order valence-electron chi connectivity index (χ1n) is 6.07. The summed E-state index contributed by atoms with van der Waals surface area (Å²) in [4.78, 5) is 8.03. The van der Waals surface area contributed by atoms with E-state index in [0.717, 1.165) is 39.0 Å². The summed E-state index contributed by atoms with van der Waals surface area (Å²) in [5, 5.41) is 3.44. The number of aryl methyl sites for hydroxylation is 2. The molecule has 0 aromatic carbocycles. The molecule has 0 unspecified atom stereocenters. The fourth-order valence-electron chi connectivity index (χ4n) is 1.74. The maximum absolute atomic E-state index is 4.01. The normalized spacial score (nSPS) is 10.8. The molecule has 2 aromatic rings. The summed E-state index contributed by atoms with van der Waals surface area (Å²) in [6.45, 7) is 4.19. The molecule has 0 atom stereocenters. The number of aromatic nitrogens is 4. The molecule has 0 saturated heterocycles. The third-order valence-corrected chi connectivity index (χ3v) is 2.66. The fourth-order valence-corrected chi connectivity index (χ4v) is 1.74. The van der Waals surface area contributed by atoms with Gasteiger partial charge < -0.3 is 14.5 Å². The predicted octanol–water partition coefficient (Wildman–Crippen LogP) is 1.15. The van der Waals surface area contributed by atoms with Gasteiger partial charge in [-0.3, -0.25) is 0 Å². The Morgan fingerprint density at radius 1 is 0.824 bits per heavy atom. The number of hydrogen-bond acceptors (Lipinski definition) is 3. The van der Waals surface area contributed by atoms with Crippen molar-refractivity contribution in [2.75, 3.05) is 13.1 Å². The molecule has 0 fully saturated rings. The van der Waals surface area contributed by atoms with Crippen molar-refractivity contribution in [3.63, 3.8) is 0 Å². The topological polar surface area (TPSA) is 47.7 Å². The number of hydrogen-bond donors (Lipinski definition) is 1. The minimum Gasteiger partial charge on any atom is -0.337 e. The molecule has 0 saturated carbocycles. The Kier molecular flexibility index (Phi) is 4.78. The van der Waals surface area contributed by atoms with Gasteiger partial charge in [0, 0.05) is 37.9 Å². The predicted molar refractivity (Wildman–Crippen MR) is 66.6 cm³/mol. The highest BCUT2D eigenvalue weighted by molar-refractivity contribution is 4.74. The Morgan fingerprint density at radius 2 is 1.35 bits per heavy atom. The van der Waals surface area contributed by atoms with Crippen LogP contribution in [0.5, 0.6) is 0 Å². The second-order valence-electron chi connectivity index (χ2n) is 4.06. The van der Waals surface area contributed by atoms with Crippen LogP contribution in [0.15, 0.2) is 37.4 Å². The first-order chi connectivity index (χ1) is 8.45. The molecular weight excluding hydrogens is 214 g/mol. The molecule has 5 nitrogen and oxygen atoms in total. The second-order valence-corrected chi connectivity index (χ2v) is 4.06. The molecule has 5 heteroatoms. The van der Waals surface area contributed by atoms with E-state index in [1.807, 2.05) is 37.4 Å². The molecule has 92 valence electrons. The van der Waals surface area contributed by atoms with Crippen LogP contribution in [0.25, 0.3) is 0 Å². The highest BCUT2D eigenvalue weighted by Crippen LogP contribution is 1.91. The SMILES string of the molecule is c1cn(CCCNCCCn2ccnc2)cn1. The van der Waals surface area contributed by atoms with Gasteiger partial charge in [-0.25, -0.2) is 9.97 Å². The lowest BCUT2D eigenvalue weighted by atomic mass is 10.3. The van der Waals surface area contributed by atoms with E-state index in [1.54, 1.807) is 0 Å². The Morgan fingerprint density at radius 3 is 1.76 bits per heavy atom. The molecule has 1 N–H and O–H groups in total. The van der Waals surface area contributed by atoms with Crippen LogP contribution in [-0.4, -0.2) is 32.2 Å². The van der Waals surface area contributed by atoms with E-state index in [-0.39, 0.29) is 0 Å². The lowest BCUT2D eigenvalue weighted by Crippen LogP contribution is -2.19. The third kappa shape index (κ3) is 4.40. The monoisotopic (exact) mass is 233 g/mol. The Balaban J connectivity index is 1.44. The van der Waals surface area contributed by atoms with Gasteiger partial charge in [0.05, 0.1) is 12.7 Å². The fraction of sp³-hybridized carbons (Fsp3) is 0.500. The summed E-state index contributed by atoms with van der Waals surface area (Å²) in [5.74, 6) is 0. The van der Waals surface area contributed by atoms with Crippen LogP contribution in [0.3, 0.4) is 0 Å². The lowest BCUT2D eigenvalue weighted by Gasteiger charge is -2.05. The summed E-state index contributed by atoms with van der Waals surface area (Å²) in [7, 11) is 0.